The Balaban J connectivity index is 1.33. The molecular formula is C20H20F3N5O2. The average molecular weight is 419 g/mol. The number of fused-ring (bicyclic) bond motifs is 2. The van der Waals surface area contributed by atoms with Crippen LogP contribution in [0.25, 0.3) is 5.65 Å². The normalized spacial score (nSPS) is 15.7. The van der Waals surface area contributed by atoms with Crippen molar-refractivity contribution in [2.45, 2.75) is 25.2 Å². The molecule has 0 aliphatic carbocycles. The molecule has 0 spiro atoms. The fourth-order valence-electron chi connectivity index (χ4n) is 3.53. The zero-order valence-corrected chi connectivity index (χ0v) is 15.9. The number of imidazole rings is 1. The lowest BCUT2D eigenvalue weighted by atomic mass is 10.00. The van der Waals surface area contributed by atoms with Gasteiger partial charge in [0.1, 0.15) is 5.69 Å². The predicted octanol–water partition coefficient (Wildman–Crippen LogP) is 1.90. The second kappa shape index (κ2) is 8.04. The van der Waals surface area contributed by atoms with Crippen LogP contribution >= 0.6 is 0 Å². The van der Waals surface area contributed by atoms with E-state index in [4.69, 9.17) is 0 Å². The van der Waals surface area contributed by atoms with E-state index in [0.717, 1.165) is 36.3 Å². The van der Waals surface area contributed by atoms with Crippen molar-refractivity contribution in [3.63, 3.8) is 0 Å². The number of rotatable bonds is 5. The Kier molecular flexibility index (Phi) is 5.44. The van der Waals surface area contributed by atoms with Gasteiger partial charge in [-0.3, -0.25) is 9.69 Å². The molecule has 0 radical (unpaired) electrons. The summed E-state index contributed by atoms with van der Waals surface area (Å²) in [6, 6.07) is 8.17. The first-order chi connectivity index (χ1) is 14.3. The SMILES string of the molecule is O=C(NCC(O)CN1CCc2ccccc2C1)c1cn2cc(C(F)(F)F)ncc2n1. The number of β-amino-alcohol motifs (C(OH)–C–C–N with tert-alkyl or cyclic N) is 1. The van der Waals surface area contributed by atoms with E-state index in [0.29, 0.717) is 6.54 Å². The molecule has 158 valence electrons. The van der Waals surface area contributed by atoms with Gasteiger partial charge < -0.3 is 14.8 Å². The Morgan fingerprint density at radius 1 is 1.23 bits per heavy atom. The first kappa shape index (κ1) is 20.3. The summed E-state index contributed by atoms with van der Waals surface area (Å²) in [6.07, 6.45) is -1.51. The van der Waals surface area contributed by atoms with Crippen LogP contribution in [0.3, 0.4) is 0 Å². The summed E-state index contributed by atoms with van der Waals surface area (Å²) >= 11 is 0. The topological polar surface area (TPSA) is 82.8 Å². The van der Waals surface area contributed by atoms with Crippen molar-refractivity contribution in [3.05, 3.63) is 65.4 Å². The average Bonchev–Trinajstić information content (AvgIpc) is 3.15. The Bertz CT molecular complexity index is 1070. The molecule has 1 aliphatic rings. The third kappa shape index (κ3) is 4.44. The monoisotopic (exact) mass is 419 g/mol. The predicted molar refractivity (Wildman–Crippen MR) is 102 cm³/mol. The van der Waals surface area contributed by atoms with E-state index >= 15 is 0 Å². The Hall–Kier alpha value is -2.98. The molecule has 0 bridgehead atoms. The largest absolute Gasteiger partial charge is 0.434 e. The van der Waals surface area contributed by atoms with Crippen molar-refractivity contribution in [3.8, 4) is 0 Å². The number of aliphatic hydroxyl groups is 1. The van der Waals surface area contributed by atoms with E-state index in [1.54, 1.807) is 0 Å². The van der Waals surface area contributed by atoms with Crippen LogP contribution in [0.4, 0.5) is 13.2 Å². The standard InChI is InChI=1S/C20H20F3N5O2/c21-20(22,23)17-12-28-11-16(26-18(28)8-24-17)19(30)25-7-15(29)10-27-6-5-13-3-1-2-4-14(13)9-27/h1-4,8,11-12,15,29H,5-7,9-10H2,(H,25,30). The molecule has 1 aromatic carbocycles. The number of hydrogen-bond acceptors (Lipinski definition) is 5. The minimum atomic E-state index is -4.58. The number of halogens is 3. The molecule has 30 heavy (non-hydrogen) atoms. The van der Waals surface area contributed by atoms with E-state index < -0.39 is 23.9 Å². The molecule has 0 saturated carbocycles. The lowest BCUT2D eigenvalue weighted by molar-refractivity contribution is -0.141. The molecule has 3 aromatic rings. The molecule has 7 nitrogen and oxygen atoms in total. The molecule has 0 saturated heterocycles. The third-order valence-corrected chi connectivity index (χ3v) is 5.04. The number of benzene rings is 1. The number of amides is 1. The quantitative estimate of drug-likeness (QED) is 0.660. The van der Waals surface area contributed by atoms with Gasteiger partial charge in [-0.1, -0.05) is 24.3 Å². The molecule has 1 amide bonds. The van der Waals surface area contributed by atoms with Gasteiger partial charge in [-0.2, -0.15) is 13.2 Å². The van der Waals surface area contributed by atoms with Crippen molar-refractivity contribution in [1.82, 2.24) is 24.6 Å². The highest BCUT2D eigenvalue weighted by molar-refractivity contribution is 5.92. The molecule has 4 rings (SSSR count). The van der Waals surface area contributed by atoms with Gasteiger partial charge in [-0.25, -0.2) is 9.97 Å². The first-order valence-corrected chi connectivity index (χ1v) is 9.47. The number of carbonyl (C=O) groups excluding carboxylic acids is 1. The maximum Gasteiger partial charge on any atom is 0.434 e. The lowest BCUT2D eigenvalue weighted by Gasteiger charge is -2.30. The summed E-state index contributed by atoms with van der Waals surface area (Å²) < 4.78 is 39.4. The summed E-state index contributed by atoms with van der Waals surface area (Å²) in [6.45, 7) is 1.97. The Labute approximate surface area is 170 Å². The smallest absolute Gasteiger partial charge is 0.390 e. The highest BCUT2D eigenvalue weighted by atomic mass is 19.4. The summed E-state index contributed by atoms with van der Waals surface area (Å²) in [4.78, 5) is 21.7. The number of nitrogens with zero attached hydrogens (tertiary/aromatic N) is 4. The molecule has 2 aromatic heterocycles. The van der Waals surface area contributed by atoms with Gasteiger partial charge in [0, 0.05) is 38.6 Å². The third-order valence-electron chi connectivity index (χ3n) is 5.04. The summed E-state index contributed by atoms with van der Waals surface area (Å²) in [5, 5.41) is 12.9. The Morgan fingerprint density at radius 2 is 2.00 bits per heavy atom. The van der Waals surface area contributed by atoms with E-state index in [1.165, 1.54) is 17.3 Å². The highest BCUT2D eigenvalue weighted by Gasteiger charge is 2.33. The van der Waals surface area contributed by atoms with Crippen LogP contribution in [0.2, 0.25) is 0 Å². The van der Waals surface area contributed by atoms with Gasteiger partial charge in [-0.05, 0) is 17.5 Å². The Morgan fingerprint density at radius 3 is 2.77 bits per heavy atom. The van der Waals surface area contributed by atoms with E-state index in [1.807, 2.05) is 12.1 Å². The van der Waals surface area contributed by atoms with Crippen molar-refractivity contribution in [1.29, 1.82) is 0 Å². The minimum absolute atomic E-state index is 0.0108. The summed E-state index contributed by atoms with van der Waals surface area (Å²) in [7, 11) is 0. The van der Waals surface area contributed by atoms with Gasteiger partial charge in [0.25, 0.3) is 5.91 Å². The minimum Gasteiger partial charge on any atom is -0.390 e. The van der Waals surface area contributed by atoms with E-state index in [2.05, 4.69) is 32.3 Å². The van der Waals surface area contributed by atoms with Crippen LogP contribution < -0.4 is 5.32 Å². The maximum atomic E-state index is 12.8. The number of aliphatic hydroxyl groups excluding tert-OH is 1. The fourth-order valence-corrected chi connectivity index (χ4v) is 3.53. The highest BCUT2D eigenvalue weighted by Crippen LogP contribution is 2.27. The van der Waals surface area contributed by atoms with Crippen LogP contribution in [0, 0.1) is 0 Å². The second-order valence-corrected chi connectivity index (χ2v) is 7.28. The number of nitrogens with one attached hydrogen (secondary N) is 1. The van der Waals surface area contributed by atoms with E-state index in [9.17, 15) is 23.1 Å². The maximum absolute atomic E-state index is 12.8. The molecule has 1 atom stereocenters. The van der Waals surface area contributed by atoms with Crippen LogP contribution in [0.5, 0.6) is 0 Å². The van der Waals surface area contributed by atoms with Crippen molar-refractivity contribution in [2.75, 3.05) is 19.6 Å². The number of hydrogen-bond donors (Lipinski definition) is 2. The van der Waals surface area contributed by atoms with Gasteiger partial charge in [-0.15, -0.1) is 0 Å². The van der Waals surface area contributed by atoms with Crippen LogP contribution in [-0.2, 0) is 19.1 Å². The molecule has 1 aliphatic heterocycles. The van der Waals surface area contributed by atoms with Gasteiger partial charge in [0.15, 0.2) is 11.3 Å². The van der Waals surface area contributed by atoms with Crippen molar-refractivity contribution < 1.29 is 23.1 Å². The molecule has 2 N–H and O–H groups in total. The summed E-state index contributed by atoms with van der Waals surface area (Å²) in [5.74, 6) is -0.574. The van der Waals surface area contributed by atoms with Gasteiger partial charge in [0.05, 0.1) is 12.3 Å². The number of alkyl halides is 3. The van der Waals surface area contributed by atoms with E-state index in [-0.39, 0.29) is 17.9 Å². The van der Waals surface area contributed by atoms with Gasteiger partial charge >= 0.3 is 6.18 Å². The van der Waals surface area contributed by atoms with Crippen LogP contribution in [0.15, 0.2) is 42.9 Å². The lowest BCUT2D eigenvalue weighted by Crippen LogP contribution is -2.42. The summed E-state index contributed by atoms with van der Waals surface area (Å²) in [5.41, 5.74) is 1.55. The molecular weight excluding hydrogens is 399 g/mol. The van der Waals surface area contributed by atoms with Crippen LogP contribution in [0.1, 0.15) is 27.3 Å². The molecule has 10 heteroatoms. The van der Waals surface area contributed by atoms with Crippen LogP contribution in [-0.4, -0.2) is 56.0 Å². The first-order valence-electron chi connectivity index (χ1n) is 9.47. The second-order valence-electron chi connectivity index (χ2n) is 7.28. The molecule has 0 fully saturated rings. The van der Waals surface area contributed by atoms with Gasteiger partial charge in [0.2, 0.25) is 0 Å². The molecule has 3 heterocycles. The van der Waals surface area contributed by atoms with Crippen molar-refractivity contribution >= 4 is 11.6 Å². The number of carbonyl (C=O) groups is 1. The number of aromatic nitrogens is 3. The fraction of sp³-hybridized carbons (Fsp3) is 0.350. The van der Waals surface area contributed by atoms with Crippen molar-refractivity contribution in [2.24, 2.45) is 0 Å². The zero-order valence-electron chi connectivity index (χ0n) is 15.9. The zero-order chi connectivity index (χ0) is 21.3. The molecule has 1 unspecified atom stereocenters.